The van der Waals surface area contributed by atoms with Gasteiger partial charge in [0.25, 0.3) is 0 Å². The highest BCUT2D eigenvalue weighted by Crippen LogP contribution is 2.18. The maximum absolute atomic E-state index is 11.7. The number of nitrogens with one attached hydrogen (secondary N) is 1. The first-order valence-corrected chi connectivity index (χ1v) is 7.82. The molecular weight excluding hydrogens is 252 g/mol. The zero-order chi connectivity index (χ0) is 15.6. The molecule has 1 amide bonds. The Morgan fingerprint density at radius 3 is 2.55 bits per heavy atom. The topological polar surface area (TPSA) is 41.6 Å². The van der Waals surface area contributed by atoms with Crippen molar-refractivity contribution in [3.63, 3.8) is 0 Å². The predicted molar refractivity (Wildman–Crippen MR) is 84.9 cm³/mol. The third-order valence-corrected chi connectivity index (χ3v) is 3.64. The monoisotopic (exact) mass is 286 g/mol. The molecule has 0 aliphatic heterocycles. The van der Waals surface area contributed by atoms with E-state index in [1.807, 2.05) is 14.1 Å². The van der Waals surface area contributed by atoms with E-state index >= 15 is 0 Å². The van der Waals surface area contributed by atoms with Crippen molar-refractivity contribution in [2.75, 3.05) is 33.8 Å². The fourth-order valence-corrected chi connectivity index (χ4v) is 1.73. The van der Waals surface area contributed by atoms with Gasteiger partial charge in [0.15, 0.2) is 0 Å². The normalized spacial score (nSPS) is 13.6. The largest absolute Gasteiger partial charge is 0.376 e. The standard InChI is InChI=1S/C16H34N2O2/c1-7-14(2)9-13-20-16(3,4)10-8-15(19)17-11-12-18(5)6/h14H,7-13H2,1-6H3,(H,17,19). The molecule has 0 aliphatic carbocycles. The Morgan fingerprint density at radius 2 is 2.00 bits per heavy atom. The van der Waals surface area contributed by atoms with Crippen molar-refractivity contribution < 1.29 is 9.53 Å². The SMILES string of the molecule is CCC(C)CCOC(C)(C)CCC(=O)NCCN(C)C. The summed E-state index contributed by atoms with van der Waals surface area (Å²) in [5, 5.41) is 2.93. The molecule has 0 bridgehead atoms. The molecule has 1 N–H and O–H groups in total. The fraction of sp³-hybridized carbons (Fsp3) is 0.938. The minimum Gasteiger partial charge on any atom is -0.376 e. The molecular formula is C16H34N2O2. The van der Waals surface area contributed by atoms with E-state index in [4.69, 9.17) is 4.74 Å². The molecule has 4 heteroatoms. The third-order valence-electron chi connectivity index (χ3n) is 3.64. The zero-order valence-electron chi connectivity index (χ0n) is 14.3. The van der Waals surface area contributed by atoms with Crippen LogP contribution in [-0.2, 0) is 9.53 Å². The van der Waals surface area contributed by atoms with Crippen LogP contribution in [-0.4, -0.2) is 50.2 Å². The van der Waals surface area contributed by atoms with Gasteiger partial charge in [0.2, 0.25) is 5.91 Å². The summed E-state index contributed by atoms with van der Waals surface area (Å²) in [6.45, 7) is 10.9. The number of likely N-dealkylation sites (N-methyl/N-ethyl adjacent to an activating group) is 1. The molecule has 0 aromatic heterocycles. The first kappa shape index (κ1) is 19.4. The maximum Gasteiger partial charge on any atom is 0.220 e. The molecule has 120 valence electrons. The Kier molecular flexibility index (Phi) is 9.86. The number of carbonyl (C=O) groups is 1. The number of carbonyl (C=O) groups excluding carboxylic acids is 1. The van der Waals surface area contributed by atoms with Gasteiger partial charge in [-0.3, -0.25) is 4.79 Å². The predicted octanol–water partition coefficient (Wildman–Crippen LogP) is 2.68. The second kappa shape index (κ2) is 10.2. The number of nitrogens with zero attached hydrogens (tertiary/aromatic N) is 1. The van der Waals surface area contributed by atoms with Crippen molar-refractivity contribution in [3.8, 4) is 0 Å². The van der Waals surface area contributed by atoms with E-state index in [1.165, 1.54) is 6.42 Å². The molecule has 0 saturated heterocycles. The lowest BCUT2D eigenvalue weighted by atomic mass is 10.0. The van der Waals surface area contributed by atoms with Gasteiger partial charge in [-0.15, -0.1) is 0 Å². The van der Waals surface area contributed by atoms with E-state index in [0.717, 1.165) is 26.0 Å². The van der Waals surface area contributed by atoms with Crippen molar-refractivity contribution in [1.82, 2.24) is 10.2 Å². The molecule has 1 atom stereocenters. The second-order valence-corrected chi connectivity index (χ2v) is 6.56. The third kappa shape index (κ3) is 11.2. The van der Waals surface area contributed by atoms with Crippen LogP contribution in [0, 0.1) is 5.92 Å². The molecule has 0 aromatic rings. The van der Waals surface area contributed by atoms with Crippen molar-refractivity contribution in [3.05, 3.63) is 0 Å². The van der Waals surface area contributed by atoms with Crippen LogP contribution in [0.2, 0.25) is 0 Å². The van der Waals surface area contributed by atoms with Crippen LogP contribution in [0.25, 0.3) is 0 Å². The van der Waals surface area contributed by atoms with Crippen molar-refractivity contribution in [2.24, 2.45) is 5.92 Å². The molecule has 0 aromatic carbocycles. The van der Waals surface area contributed by atoms with E-state index in [1.54, 1.807) is 0 Å². The second-order valence-electron chi connectivity index (χ2n) is 6.56. The Labute approximate surface area is 125 Å². The summed E-state index contributed by atoms with van der Waals surface area (Å²) in [7, 11) is 4.00. The molecule has 1 unspecified atom stereocenters. The Hall–Kier alpha value is -0.610. The van der Waals surface area contributed by atoms with Gasteiger partial charge in [-0.25, -0.2) is 0 Å². The molecule has 0 rings (SSSR count). The minimum atomic E-state index is -0.216. The lowest BCUT2D eigenvalue weighted by Crippen LogP contribution is -2.33. The number of hydrogen-bond acceptors (Lipinski definition) is 3. The van der Waals surface area contributed by atoms with E-state index in [2.05, 4.69) is 37.9 Å². The zero-order valence-corrected chi connectivity index (χ0v) is 14.3. The first-order valence-electron chi connectivity index (χ1n) is 7.82. The van der Waals surface area contributed by atoms with Gasteiger partial charge in [-0.1, -0.05) is 20.3 Å². The van der Waals surface area contributed by atoms with Gasteiger partial charge < -0.3 is 15.0 Å². The summed E-state index contributed by atoms with van der Waals surface area (Å²) in [6, 6.07) is 0. The van der Waals surface area contributed by atoms with Gasteiger partial charge in [0, 0.05) is 26.1 Å². The van der Waals surface area contributed by atoms with Crippen LogP contribution in [0.3, 0.4) is 0 Å². The molecule has 20 heavy (non-hydrogen) atoms. The van der Waals surface area contributed by atoms with Crippen LogP contribution in [0.4, 0.5) is 0 Å². The summed E-state index contributed by atoms with van der Waals surface area (Å²) in [5.74, 6) is 0.825. The van der Waals surface area contributed by atoms with Gasteiger partial charge in [0.05, 0.1) is 5.60 Å². The highest BCUT2D eigenvalue weighted by Gasteiger charge is 2.20. The van der Waals surface area contributed by atoms with Crippen LogP contribution >= 0.6 is 0 Å². The highest BCUT2D eigenvalue weighted by atomic mass is 16.5. The summed E-state index contributed by atoms with van der Waals surface area (Å²) in [6.07, 6.45) is 3.58. The molecule has 0 heterocycles. The summed E-state index contributed by atoms with van der Waals surface area (Å²) >= 11 is 0. The van der Waals surface area contributed by atoms with Crippen molar-refractivity contribution >= 4 is 5.91 Å². The van der Waals surface area contributed by atoms with Gasteiger partial charge in [0.1, 0.15) is 0 Å². The lowest BCUT2D eigenvalue weighted by Gasteiger charge is -2.26. The summed E-state index contributed by atoms with van der Waals surface area (Å²) in [4.78, 5) is 13.8. The molecule has 0 spiro atoms. The van der Waals surface area contributed by atoms with Gasteiger partial charge in [-0.05, 0) is 46.7 Å². The molecule has 0 fully saturated rings. The van der Waals surface area contributed by atoms with E-state index < -0.39 is 0 Å². The van der Waals surface area contributed by atoms with E-state index in [9.17, 15) is 4.79 Å². The minimum absolute atomic E-state index is 0.116. The molecule has 0 radical (unpaired) electrons. The number of amides is 1. The Balaban J connectivity index is 3.76. The maximum atomic E-state index is 11.7. The molecule has 4 nitrogen and oxygen atoms in total. The molecule has 0 aliphatic rings. The van der Waals surface area contributed by atoms with Crippen LogP contribution in [0.1, 0.15) is 53.4 Å². The number of ether oxygens (including phenoxy) is 1. The number of rotatable bonds is 11. The highest BCUT2D eigenvalue weighted by molar-refractivity contribution is 5.75. The van der Waals surface area contributed by atoms with Crippen molar-refractivity contribution in [2.45, 2.75) is 59.0 Å². The van der Waals surface area contributed by atoms with Crippen LogP contribution in [0.15, 0.2) is 0 Å². The van der Waals surface area contributed by atoms with E-state index in [0.29, 0.717) is 18.9 Å². The Morgan fingerprint density at radius 1 is 1.35 bits per heavy atom. The summed E-state index contributed by atoms with van der Waals surface area (Å²) < 4.78 is 5.91. The van der Waals surface area contributed by atoms with Crippen LogP contribution in [0.5, 0.6) is 0 Å². The van der Waals surface area contributed by atoms with Gasteiger partial charge >= 0.3 is 0 Å². The number of hydrogen-bond donors (Lipinski definition) is 1. The average Bonchev–Trinajstić information content (AvgIpc) is 2.35. The van der Waals surface area contributed by atoms with Gasteiger partial charge in [-0.2, -0.15) is 0 Å². The quantitative estimate of drug-likeness (QED) is 0.635. The smallest absolute Gasteiger partial charge is 0.220 e. The molecule has 0 saturated carbocycles. The average molecular weight is 286 g/mol. The van der Waals surface area contributed by atoms with Crippen molar-refractivity contribution in [1.29, 1.82) is 0 Å². The summed E-state index contributed by atoms with van der Waals surface area (Å²) in [5.41, 5.74) is -0.216. The van der Waals surface area contributed by atoms with Crippen LogP contribution < -0.4 is 5.32 Å². The Bertz CT molecular complexity index is 265. The fourth-order valence-electron chi connectivity index (χ4n) is 1.73. The first-order chi connectivity index (χ1) is 9.26. The van der Waals surface area contributed by atoms with E-state index in [-0.39, 0.29) is 11.5 Å². The lowest BCUT2D eigenvalue weighted by molar-refractivity contribution is -0.123.